The van der Waals surface area contributed by atoms with E-state index in [9.17, 15) is 13.2 Å². The topological polar surface area (TPSA) is 66.5 Å². The van der Waals surface area contributed by atoms with Crippen molar-refractivity contribution in [2.75, 3.05) is 13.1 Å². The van der Waals surface area contributed by atoms with E-state index < -0.39 is 10.0 Å². The van der Waals surface area contributed by atoms with E-state index in [1.54, 1.807) is 30.3 Å². The molecule has 2 aromatic rings. The molecule has 0 radical (unpaired) electrons. The maximum Gasteiger partial charge on any atom is 0.247 e. The van der Waals surface area contributed by atoms with Crippen LogP contribution < -0.4 is 5.32 Å². The van der Waals surface area contributed by atoms with Crippen molar-refractivity contribution in [3.05, 3.63) is 77.4 Å². The van der Waals surface area contributed by atoms with Gasteiger partial charge in [0.25, 0.3) is 0 Å². The van der Waals surface area contributed by atoms with Crippen molar-refractivity contribution >= 4 is 15.9 Å². The molecule has 1 aliphatic heterocycles. The maximum atomic E-state index is 12.8. The molecule has 0 aromatic heterocycles. The van der Waals surface area contributed by atoms with Crippen LogP contribution in [0.1, 0.15) is 30.9 Å². The van der Waals surface area contributed by atoms with Gasteiger partial charge in [0.2, 0.25) is 15.9 Å². The molecular weight excluding hydrogens is 384 g/mol. The molecule has 0 saturated heterocycles. The standard InChI is InChI=1S/C23H28N2O3S/c1-18-8-12-22(13-9-18)29(27,28)25-16-14-21(15-17-25)23(26)24-19(2)10-11-20-6-4-3-5-7-20/h3-9,12-14,19H,10-11,15-17H2,1-2H3,(H,24,26). The van der Waals surface area contributed by atoms with E-state index in [1.165, 1.54) is 9.87 Å². The van der Waals surface area contributed by atoms with Gasteiger partial charge in [0.1, 0.15) is 0 Å². The highest BCUT2D eigenvalue weighted by molar-refractivity contribution is 7.89. The molecule has 0 aliphatic carbocycles. The molecule has 1 atom stereocenters. The second-order valence-electron chi connectivity index (χ2n) is 7.55. The van der Waals surface area contributed by atoms with E-state index in [0.717, 1.165) is 18.4 Å². The second kappa shape index (κ2) is 9.37. The quantitative estimate of drug-likeness (QED) is 0.757. The van der Waals surface area contributed by atoms with E-state index in [-0.39, 0.29) is 18.5 Å². The van der Waals surface area contributed by atoms with Crippen LogP contribution in [-0.2, 0) is 21.2 Å². The summed E-state index contributed by atoms with van der Waals surface area (Å²) in [4.78, 5) is 12.8. The molecule has 3 rings (SSSR count). The van der Waals surface area contributed by atoms with Crippen LogP contribution in [0, 0.1) is 6.92 Å². The van der Waals surface area contributed by atoms with E-state index in [0.29, 0.717) is 23.4 Å². The number of nitrogens with zero attached hydrogens (tertiary/aromatic N) is 1. The number of nitrogens with one attached hydrogen (secondary N) is 1. The summed E-state index contributed by atoms with van der Waals surface area (Å²) >= 11 is 0. The van der Waals surface area contributed by atoms with Crippen LogP contribution >= 0.6 is 0 Å². The lowest BCUT2D eigenvalue weighted by Gasteiger charge is -2.26. The molecule has 1 unspecified atom stereocenters. The van der Waals surface area contributed by atoms with Crippen molar-refractivity contribution in [3.63, 3.8) is 0 Å². The fourth-order valence-electron chi connectivity index (χ4n) is 3.35. The van der Waals surface area contributed by atoms with Crippen molar-refractivity contribution in [2.45, 2.75) is 44.0 Å². The third kappa shape index (κ3) is 5.55. The largest absolute Gasteiger partial charge is 0.350 e. The number of hydrogen-bond acceptors (Lipinski definition) is 3. The number of aryl methyl sites for hydroxylation is 2. The lowest BCUT2D eigenvalue weighted by Crippen LogP contribution is -2.39. The van der Waals surface area contributed by atoms with Gasteiger partial charge in [0, 0.05) is 24.7 Å². The van der Waals surface area contributed by atoms with Crippen LogP contribution in [0.25, 0.3) is 0 Å². The maximum absolute atomic E-state index is 12.8. The molecule has 0 fully saturated rings. The monoisotopic (exact) mass is 412 g/mol. The molecule has 0 bridgehead atoms. The SMILES string of the molecule is Cc1ccc(S(=O)(=O)N2CC=C(C(=O)NC(C)CCc3ccccc3)CC2)cc1. The molecule has 29 heavy (non-hydrogen) atoms. The summed E-state index contributed by atoms with van der Waals surface area (Å²) in [5.74, 6) is -0.0991. The van der Waals surface area contributed by atoms with Gasteiger partial charge < -0.3 is 5.32 Å². The summed E-state index contributed by atoms with van der Waals surface area (Å²) < 4.78 is 27.0. The van der Waals surface area contributed by atoms with Crippen LogP contribution in [0.15, 0.2) is 71.1 Å². The minimum absolute atomic E-state index is 0.0536. The van der Waals surface area contributed by atoms with E-state index >= 15 is 0 Å². The van der Waals surface area contributed by atoms with Crippen molar-refractivity contribution in [2.24, 2.45) is 0 Å². The number of hydrogen-bond donors (Lipinski definition) is 1. The lowest BCUT2D eigenvalue weighted by atomic mass is 10.0. The summed E-state index contributed by atoms with van der Waals surface area (Å²) in [6, 6.07) is 17.1. The molecule has 1 amide bonds. The Balaban J connectivity index is 1.54. The Morgan fingerprint density at radius 2 is 1.79 bits per heavy atom. The van der Waals surface area contributed by atoms with Crippen molar-refractivity contribution in [1.82, 2.24) is 9.62 Å². The predicted octanol–water partition coefficient (Wildman–Crippen LogP) is 3.45. The normalized spacial score (nSPS) is 16.1. The number of sulfonamides is 1. The Labute approximate surface area is 173 Å². The molecule has 6 heteroatoms. The smallest absolute Gasteiger partial charge is 0.247 e. The van der Waals surface area contributed by atoms with Gasteiger partial charge in [-0.3, -0.25) is 4.79 Å². The van der Waals surface area contributed by atoms with Gasteiger partial charge in [-0.25, -0.2) is 8.42 Å². The average Bonchev–Trinajstić information content (AvgIpc) is 2.73. The van der Waals surface area contributed by atoms with Gasteiger partial charge in [-0.2, -0.15) is 4.31 Å². The summed E-state index contributed by atoms with van der Waals surface area (Å²) in [5, 5.41) is 3.04. The van der Waals surface area contributed by atoms with Gasteiger partial charge in [-0.05, 0) is 50.8 Å². The van der Waals surface area contributed by atoms with E-state index in [2.05, 4.69) is 17.4 Å². The number of benzene rings is 2. The minimum atomic E-state index is -3.53. The lowest BCUT2D eigenvalue weighted by molar-refractivity contribution is -0.118. The highest BCUT2D eigenvalue weighted by Gasteiger charge is 2.27. The Morgan fingerprint density at radius 1 is 1.10 bits per heavy atom. The van der Waals surface area contributed by atoms with Crippen molar-refractivity contribution in [1.29, 1.82) is 0 Å². The molecule has 0 saturated carbocycles. The first-order valence-corrected chi connectivity index (χ1v) is 11.4. The molecule has 1 aliphatic rings. The number of rotatable bonds is 7. The van der Waals surface area contributed by atoms with Gasteiger partial charge in [-0.1, -0.05) is 54.1 Å². The Hall–Kier alpha value is -2.44. The molecule has 1 heterocycles. The molecule has 5 nitrogen and oxygen atoms in total. The third-order valence-electron chi connectivity index (χ3n) is 5.21. The van der Waals surface area contributed by atoms with Gasteiger partial charge >= 0.3 is 0 Å². The third-order valence-corrected chi connectivity index (χ3v) is 7.09. The second-order valence-corrected chi connectivity index (χ2v) is 9.49. The summed E-state index contributed by atoms with van der Waals surface area (Å²) in [5.41, 5.74) is 2.93. The van der Waals surface area contributed by atoms with Crippen molar-refractivity contribution < 1.29 is 13.2 Å². The first-order chi connectivity index (χ1) is 13.9. The first kappa shape index (κ1) is 21.3. The van der Waals surface area contributed by atoms with E-state index in [4.69, 9.17) is 0 Å². The molecule has 2 aromatic carbocycles. The zero-order valence-corrected chi connectivity index (χ0v) is 17.8. The van der Waals surface area contributed by atoms with Crippen LogP contribution in [0.4, 0.5) is 0 Å². The first-order valence-electron chi connectivity index (χ1n) is 9.97. The molecule has 0 spiro atoms. The van der Waals surface area contributed by atoms with Crippen molar-refractivity contribution in [3.8, 4) is 0 Å². The van der Waals surface area contributed by atoms with Gasteiger partial charge in [0.05, 0.1) is 4.90 Å². The predicted molar refractivity (Wildman–Crippen MR) is 115 cm³/mol. The summed E-state index contributed by atoms with van der Waals surface area (Å²) in [6.07, 6.45) is 3.91. The van der Waals surface area contributed by atoms with Gasteiger partial charge in [-0.15, -0.1) is 0 Å². The van der Waals surface area contributed by atoms with Crippen LogP contribution in [0.2, 0.25) is 0 Å². The zero-order chi connectivity index (χ0) is 20.9. The Kier molecular flexibility index (Phi) is 6.87. The van der Waals surface area contributed by atoms with Crippen LogP contribution in [0.5, 0.6) is 0 Å². The summed E-state index contributed by atoms with van der Waals surface area (Å²) in [6.45, 7) is 4.45. The van der Waals surface area contributed by atoms with E-state index in [1.807, 2.05) is 32.0 Å². The minimum Gasteiger partial charge on any atom is -0.350 e. The number of amides is 1. The average molecular weight is 413 g/mol. The molecule has 154 valence electrons. The number of carbonyl (C=O) groups excluding carboxylic acids is 1. The Morgan fingerprint density at radius 3 is 2.41 bits per heavy atom. The molecule has 1 N–H and O–H groups in total. The van der Waals surface area contributed by atoms with Crippen LogP contribution in [0.3, 0.4) is 0 Å². The molecular formula is C23H28N2O3S. The fraction of sp³-hybridized carbons (Fsp3) is 0.348. The highest BCUT2D eigenvalue weighted by Crippen LogP contribution is 2.21. The highest BCUT2D eigenvalue weighted by atomic mass is 32.2. The Bertz CT molecular complexity index is 967. The zero-order valence-electron chi connectivity index (χ0n) is 17.0. The van der Waals surface area contributed by atoms with Crippen LogP contribution in [-0.4, -0.2) is 37.8 Å². The van der Waals surface area contributed by atoms with Gasteiger partial charge in [0.15, 0.2) is 0 Å². The fourth-order valence-corrected chi connectivity index (χ4v) is 4.73. The number of carbonyl (C=O) groups is 1. The summed E-state index contributed by atoms with van der Waals surface area (Å²) in [7, 11) is -3.53.